The quantitative estimate of drug-likeness (QED) is 0.753. The number of carbonyl (C=O) groups excluding carboxylic acids is 1. The van der Waals surface area contributed by atoms with Crippen LogP contribution in [0.4, 0.5) is 0 Å². The Morgan fingerprint density at radius 2 is 2.06 bits per heavy atom. The highest BCUT2D eigenvalue weighted by Crippen LogP contribution is 2.48. The Labute approximate surface area is 115 Å². The van der Waals surface area contributed by atoms with Gasteiger partial charge >= 0.3 is 0 Å². The maximum absolute atomic E-state index is 12.8. The van der Waals surface area contributed by atoms with Crippen molar-refractivity contribution in [1.29, 1.82) is 0 Å². The number of carbonyl (C=O) groups is 1. The molecule has 0 aromatic carbocycles. The summed E-state index contributed by atoms with van der Waals surface area (Å²) in [5.41, 5.74) is 5.36. The summed E-state index contributed by atoms with van der Waals surface area (Å²) in [6, 6.07) is 0.464. The molecule has 2 rings (SSSR count). The molecule has 0 bridgehead atoms. The van der Waals surface area contributed by atoms with E-state index in [1.165, 1.54) is 0 Å². The van der Waals surface area contributed by atoms with Crippen molar-refractivity contribution in [2.45, 2.75) is 58.4 Å². The van der Waals surface area contributed by atoms with Gasteiger partial charge in [-0.15, -0.1) is 0 Å². The van der Waals surface area contributed by atoms with Gasteiger partial charge in [0.25, 0.3) is 0 Å². The molecule has 18 heavy (non-hydrogen) atoms. The van der Waals surface area contributed by atoms with E-state index in [2.05, 4.69) is 18.7 Å². The Morgan fingerprint density at radius 1 is 1.44 bits per heavy atom. The molecule has 2 fully saturated rings. The zero-order valence-electron chi connectivity index (χ0n) is 11.4. The highest BCUT2D eigenvalue weighted by molar-refractivity contribution is 7.80. The second kappa shape index (κ2) is 5.16. The predicted molar refractivity (Wildman–Crippen MR) is 77.3 cm³/mol. The van der Waals surface area contributed by atoms with Crippen molar-refractivity contribution in [3.8, 4) is 0 Å². The molecule has 4 heteroatoms. The molecular weight excluding hydrogens is 244 g/mol. The summed E-state index contributed by atoms with van der Waals surface area (Å²) in [6.07, 6.45) is 6.18. The van der Waals surface area contributed by atoms with Crippen molar-refractivity contribution in [2.75, 3.05) is 6.54 Å². The van der Waals surface area contributed by atoms with Crippen LogP contribution in [0.25, 0.3) is 0 Å². The molecule has 2 N–H and O–H groups in total. The Bertz CT molecular complexity index is 346. The van der Waals surface area contributed by atoms with E-state index in [0.29, 0.717) is 16.9 Å². The van der Waals surface area contributed by atoms with Crippen LogP contribution < -0.4 is 5.73 Å². The Hall–Kier alpha value is -0.640. The predicted octanol–water partition coefficient (Wildman–Crippen LogP) is 2.48. The highest BCUT2D eigenvalue weighted by atomic mass is 32.1. The topological polar surface area (TPSA) is 46.3 Å². The first-order valence-electron chi connectivity index (χ1n) is 7.12. The SMILES string of the molecule is CCCCN(C(=O)C1(C(N)=S)CC(C)C1)C1CC1. The summed E-state index contributed by atoms with van der Waals surface area (Å²) in [7, 11) is 0. The molecule has 2 aliphatic rings. The number of nitrogens with zero attached hydrogens (tertiary/aromatic N) is 1. The molecule has 2 aliphatic carbocycles. The molecule has 102 valence electrons. The van der Waals surface area contributed by atoms with E-state index in [4.69, 9.17) is 18.0 Å². The van der Waals surface area contributed by atoms with E-state index < -0.39 is 5.41 Å². The van der Waals surface area contributed by atoms with Crippen molar-refractivity contribution >= 4 is 23.1 Å². The van der Waals surface area contributed by atoms with Gasteiger partial charge in [0, 0.05) is 12.6 Å². The van der Waals surface area contributed by atoms with E-state index in [1.807, 2.05) is 0 Å². The number of hydrogen-bond donors (Lipinski definition) is 1. The minimum absolute atomic E-state index is 0.212. The molecule has 0 saturated heterocycles. The van der Waals surface area contributed by atoms with Gasteiger partial charge < -0.3 is 10.6 Å². The fourth-order valence-electron chi connectivity index (χ4n) is 3.05. The van der Waals surface area contributed by atoms with Crippen molar-refractivity contribution in [3.63, 3.8) is 0 Å². The summed E-state index contributed by atoms with van der Waals surface area (Å²) >= 11 is 5.18. The molecule has 0 aromatic rings. The van der Waals surface area contributed by atoms with Gasteiger partial charge in [-0.25, -0.2) is 0 Å². The van der Waals surface area contributed by atoms with E-state index in [1.54, 1.807) is 0 Å². The average molecular weight is 268 g/mol. The monoisotopic (exact) mass is 268 g/mol. The number of thiocarbonyl (C=S) groups is 1. The van der Waals surface area contributed by atoms with Crippen molar-refractivity contribution < 1.29 is 4.79 Å². The fraction of sp³-hybridized carbons (Fsp3) is 0.857. The summed E-state index contributed by atoms with van der Waals surface area (Å²) < 4.78 is 0. The third-order valence-corrected chi connectivity index (χ3v) is 4.67. The standard InChI is InChI=1S/C14H24N2OS/c1-3-4-7-16(11-5-6-11)13(17)14(12(15)18)8-10(2)9-14/h10-11H,3-9H2,1-2H3,(H2,15,18). The van der Waals surface area contributed by atoms with Crippen molar-refractivity contribution in [2.24, 2.45) is 17.1 Å². The maximum atomic E-state index is 12.8. The molecule has 0 radical (unpaired) electrons. The first-order valence-corrected chi connectivity index (χ1v) is 7.53. The smallest absolute Gasteiger partial charge is 0.235 e. The van der Waals surface area contributed by atoms with E-state index in [-0.39, 0.29) is 5.91 Å². The third-order valence-electron chi connectivity index (χ3n) is 4.28. The molecule has 0 aliphatic heterocycles. The van der Waals surface area contributed by atoms with Crippen LogP contribution in [0.1, 0.15) is 52.4 Å². The van der Waals surface area contributed by atoms with Crippen LogP contribution in [0.3, 0.4) is 0 Å². The molecule has 0 heterocycles. The second-order valence-corrected chi connectivity index (χ2v) is 6.48. The first-order chi connectivity index (χ1) is 8.51. The van der Waals surface area contributed by atoms with E-state index in [0.717, 1.165) is 45.1 Å². The van der Waals surface area contributed by atoms with Crippen LogP contribution in [-0.2, 0) is 4.79 Å². The van der Waals surface area contributed by atoms with Crippen LogP contribution >= 0.6 is 12.2 Å². The largest absolute Gasteiger partial charge is 0.392 e. The lowest BCUT2D eigenvalue weighted by Gasteiger charge is -2.46. The van der Waals surface area contributed by atoms with Gasteiger partial charge in [0.05, 0.1) is 10.4 Å². The average Bonchev–Trinajstić information content (AvgIpc) is 3.08. The van der Waals surface area contributed by atoms with E-state index in [9.17, 15) is 4.79 Å². The molecular formula is C14H24N2OS. The summed E-state index contributed by atoms with van der Waals surface area (Å²) in [5.74, 6) is 0.784. The lowest BCUT2D eigenvalue weighted by molar-refractivity contribution is -0.144. The van der Waals surface area contributed by atoms with Crippen molar-refractivity contribution in [1.82, 2.24) is 4.90 Å². The van der Waals surface area contributed by atoms with Gasteiger partial charge in [0.15, 0.2) is 0 Å². The lowest BCUT2D eigenvalue weighted by Crippen LogP contribution is -2.57. The normalized spacial score (nSPS) is 30.7. The second-order valence-electron chi connectivity index (χ2n) is 6.04. The number of unbranched alkanes of at least 4 members (excludes halogenated alkanes) is 1. The molecule has 0 unspecified atom stereocenters. The van der Waals surface area contributed by atoms with E-state index >= 15 is 0 Å². The van der Waals surface area contributed by atoms with Gasteiger partial charge in [-0.3, -0.25) is 4.79 Å². The van der Waals surface area contributed by atoms with Gasteiger partial charge in [-0.2, -0.15) is 0 Å². The van der Waals surface area contributed by atoms with Crippen LogP contribution in [0.2, 0.25) is 0 Å². The van der Waals surface area contributed by atoms with Crippen LogP contribution in [-0.4, -0.2) is 28.4 Å². The number of hydrogen-bond acceptors (Lipinski definition) is 2. The molecule has 2 saturated carbocycles. The fourth-order valence-corrected chi connectivity index (χ4v) is 3.30. The third kappa shape index (κ3) is 2.40. The number of rotatable bonds is 6. The summed E-state index contributed by atoms with van der Waals surface area (Å²) in [4.78, 5) is 15.3. The molecule has 3 nitrogen and oxygen atoms in total. The molecule has 1 amide bonds. The Morgan fingerprint density at radius 3 is 2.44 bits per heavy atom. The minimum Gasteiger partial charge on any atom is -0.392 e. The van der Waals surface area contributed by atoms with Crippen LogP contribution in [0.15, 0.2) is 0 Å². The van der Waals surface area contributed by atoms with Crippen LogP contribution in [0, 0.1) is 11.3 Å². The maximum Gasteiger partial charge on any atom is 0.235 e. The van der Waals surface area contributed by atoms with Gasteiger partial charge in [-0.1, -0.05) is 32.5 Å². The molecule has 0 spiro atoms. The zero-order valence-corrected chi connectivity index (χ0v) is 12.3. The zero-order chi connectivity index (χ0) is 13.3. The Kier molecular flexibility index (Phi) is 3.95. The van der Waals surface area contributed by atoms with Gasteiger partial charge in [-0.05, 0) is 38.0 Å². The number of amides is 1. The molecule has 0 aromatic heterocycles. The molecule has 0 atom stereocenters. The Balaban J connectivity index is 2.09. The minimum atomic E-state index is -0.509. The lowest BCUT2D eigenvalue weighted by atomic mass is 9.61. The summed E-state index contributed by atoms with van der Waals surface area (Å²) in [5, 5.41) is 0. The van der Waals surface area contributed by atoms with Gasteiger partial charge in [0.2, 0.25) is 5.91 Å². The summed E-state index contributed by atoms with van der Waals surface area (Å²) in [6.45, 7) is 5.19. The first kappa shape index (κ1) is 13.8. The van der Waals surface area contributed by atoms with Crippen molar-refractivity contribution in [3.05, 3.63) is 0 Å². The van der Waals surface area contributed by atoms with Crippen LogP contribution in [0.5, 0.6) is 0 Å². The highest BCUT2D eigenvalue weighted by Gasteiger charge is 2.54. The van der Waals surface area contributed by atoms with Gasteiger partial charge in [0.1, 0.15) is 0 Å². The number of nitrogens with two attached hydrogens (primary N) is 1.